The molecule has 10 heteroatoms. The average molecular weight is 688 g/mol. The molecule has 50 heavy (non-hydrogen) atoms. The normalized spacial score (nSPS) is 11.5. The highest BCUT2D eigenvalue weighted by Crippen LogP contribution is 2.38. The molecule has 5 aromatic carbocycles. The van der Waals surface area contributed by atoms with Gasteiger partial charge in [-0.2, -0.15) is 0 Å². The van der Waals surface area contributed by atoms with Crippen molar-refractivity contribution in [1.29, 1.82) is 0 Å². The van der Waals surface area contributed by atoms with Gasteiger partial charge in [-0.3, -0.25) is 14.4 Å². The highest BCUT2D eigenvalue weighted by molar-refractivity contribution is 8.00. The predicted molar refractivity (Wildman–Crippen MR) is 198 cm³/mol. The zero-order valence-corrected chi connectivity index (χ0v) is 28.7. The zero-order valence-electron chi connectivity index (χ0n) is 27.8. The summed E-state index contributed by atoms with van der Waals surface area (Å²) in [7, 11) is 3.02. The molecule has 9 nitrogen and oxygen atoms in total. The second-order valence-corrected chi connectivity index (χ2v) is 11.9. The Labute approximate surface area is 295 Å². The SMILES string of the molecule is CCOc1ccccc1NC(=O)C(Sc1ccc(NC(=O)/C(=C/c2cccc(OC)c2OC)NC(=O)c2ccccc2)cc1)c1ccccc1. The highest BCUT2D eigenvalue weighted by Gasteiger charge is 2.24. The summed E-state index contributed by atoms with van der Waals surface area (Å²) in [5.41, 5.74) is 2.84. The third-order valence-corrected chi connectivity index (χ3v) is 8.68. The fraction of sp³-hybridized carbons (Fsp3) is 0.125. The average Bonchev–Trinajstić information content (AvgIpc) is 3.15. The summed E-state index contributed by atoms with van der Waals surface area (Å²) in [4.78, 5) is 41.3. The van der Waals surface area contributed by atoms with Crippen molar-refractivity contribution in [2.45, 2.75) is 17.1 Å². The molecule has 0 aliphatic carbocycles. The van der Waals surface area contributed by atoms with Gasteiger partial charge in [-0.1, -0.05) is 72.8 Å². The van der Waals surface area contributed by atoms with Gasteiger partial charge in [0.25, 0.3) is 11.8 Å². The molecule has 0 saturated heterocycles. The monoisotopic (exact) mass is 687 g/mol. The van der Waals surface area contributed by atoms with Crippen molar-refractivity contribution in [2.75, 3.05) is 31.5 Å². The smallest absolute Gasteiger partial charge is 0.272 e. The molecule has 0 aliphatic rings. The number of nitrogens with one attached hydrogen (secondary N) is 3. The molecule has 5 aromatic rings. The maximum absolute atomic E-state index is 13.7. The molecule has 5 rings (SSSR count). The predicted octanol–water partition coefficient (Wildman–Crippen LogP) is 7.98. The first kappa shape index (κ1) is 35.3. The minimum absolute atomic E-state index is 0.00277. The molecular formula is C40H37N3O6S. The molecule has 0 radical (unpaired) electrons. The van der Waals surface area contributed by atoms with Crippen molar-refractivity contribution >= 4 is 46.9 Å². The van der Waals surface area contributed by atoms with Gasteiger partial charge in [0.2, 0.25) is 5.91 Å². The lowest BCUT2D eigenvalue weighted by molar-refractivity contribution is -0.116. The molecule has 3 amide bonds. The number of thioether (sulfide) groups is 1. The first-order valence-electron chi connectivity index (χ1n) is 15.8. The minimum atomic E-state index is -0.577. The number of methoxy groups -OCH3 is 2. The number of benzene rings is 5. The number of hydrogen-bond acceptors (Lipinski definition) is 7. The number of carbonyl (C=O) groups excluding carboxylic acids is 3. The van der Waals surface area contributed by atoms with Crippen LogP contribution in [0.2, 0.25) is 0 Å². The number of hydrogen-bond donors (Lipinski definition) is 3. The molecular weight excluding hydrogens is 651 g/mol. The Morgan fingerprint density at radius 3 is 2.06 bits per heavy atom. The van der Waals surface area contributed by atoms with Gasteiger partial charge in [0, 0.05) is 21.7 Å². The molecule has 3 N–H and O–H groups in total. The van der Waals surface area contributed by atoms with E-state index >= 15 is 0 Å². The Morgan fingerprint density at radius 2 is 1.38 bits per heavy atom. The first-order chi connectivity index (χ1) is 24.4. The lowest BCUT2D eigenvalue weighted by Gasteiger charge is -2.19. The Hall–Kier alpha value is -6.00. The summed E-state index contributed by atoms with van der Waals surface area (Å²) in [5.74, 6) is 0.281. The largest absolute Gasteiger partial charge is 0.493 e. The van der Waals surface area contributed by atoms with Crippen molar-refractivity contribution in [3.05, 3.63) is 150 Å². The van der Waals surface area contributed by atoms with E-state index in [4.69, 9.17) is 14.2 Å². The van der Waals surface area contributed by atoms with Crippen LogP contribution in [0.5, 0.6) is 17.2 Å². The number of ether oxygens (including phenoxy) is 3. The standard InChI is InChI=1S/C40H37N3O6S/c1-4-49-34-20-12-11-19-32(34)42-40(46)37(27-14-7-5-8-15-27)50-31-24-22-30(23-25-31)41-39(45)33(43-38(44)28-16-9-6-10-17-28)26-29-18-13-21-35(47-2)36(29)48-3/h5-26,37H,4H2,1-3H3,(H,41,45)(H,42,46)(H,43,44)/b33-26-. The Morgan fingerprint density at radius 1 is 0.720 bits per heavy atom. The lowest BCUT2D eigenvalue weighted by atomic mass is 10.1. The van der Waals surface area contributed by atoms with E-state index in [-0.39, 0.29) is 11.6 Å². The minimum Gasteiger partial charge on any atom is -0.493 e. The Balaban J connectivity index is 1.37. The number of amides is 3. The number of carbonyl (C=O) groups is 3. The molecule has 0 aliphatic heterocycles. The van der Waals surface area contributed by atoms with E-state index in [2.05, 4.69) is 16.0 Å². The van der Waals surface area contributed by atoms with Crippen molar-refractivity contribution in [2.24, 2.45) is 0 Å². The van der Waals surface area contributed by atoms with E-state index in [1.807, 2.05) is 73.7 Å². The van der Waals surface area contributed by atoms with Crippen LogP contribution in [-0.4, -0.2) is 38.5 Å². The first-order valence-corrected chi connectivity index (χ1v) is 16.7. The van der Waals surface area contributed by atoms with Crippen LogP contribution in [0, 0.1) is 0 Å². The summed E-state index contributed by atoms with van der Waals surface area (Å²) in [6.07, 6.45) is 1.54. The van der Waals surface area contributed by atoms with Gasteiger partial charge in [-0.15, -0.1) is 11.8 Å². The van der Waals surface area contributed by atoms with E-state index in [1.54, 1.807) is 60.7 Å². The molecule has 0 spiro atoms. The molecule has 0 heterocycles. The molecule has 0 bridgehead atoms. The third-order valence-electron chi connectivity index (χ3n) is 7.41. The summed E-state index contributed by atoms with van der Waals surface area (Å²) in [5, 5.41) is 8.07. The number of rotatable bonds is 14. The van der Waals surface area contributed by atoms with Crippen molar-refractivity contribution in [3.63, 3.8) is 0 Å². The van der Waals surface area contributed by atoms with Gasteiger partial charge < -0.3 is 30.2 Å². The van der Waals surface area contributed by atoms with Crippen LogP contribution in [0.3, 0.4) is 0 Å². The van der Waals surface area contributed by atoms with Gasteiger partial charge in [0.05, 0.1) is 26.5 Å². The Kier molecular flexibility index (Phi) is 12.3. The highest BCUT2D eigenvalue weighted by atomic mass is 32.2. The molecule has 1 unspecified atom stereocenters. The van der Waals surface area contributed by atoms with Crippen LogP contribution in [-0.2, 0) is 9.59 Å². The molecule has 0 saturated carbocycles. The molecule has 254 valence electrons. The fourth-order valence-electron chi connectivity index (χ4n) is 5.03. The number of para-hydroxylation sites is 3. The summed E-state index contributed by atoms with van der Waals surface area (Å²) in [6, 6.07) is 37.9. The maximum atomic E-state index is 13.7. The molecule has 1 atom stereocenters. The molecule has 0 fully saturated rings. The van der Waals surface area contributed by atoms with Crippen LogP contribution >= 0.6 is 11.8 Å². The van der Waals surface area contributed by atoms with E-state index in [1.165, 1.54) is 32.1 Å². The van der Waals surface area contributed by atoms with E-state index in [0.29, 0.717) is 46.4 Å². The van der Waals surface area contributed by atoms with Crippen molar-refractivity contribution in [1.82, 2.24) is 5.32 Å². The van der Waals surface area contributed by atoms with Crippen LogP contribution in [0.15, 0.2) is 138 Å². The third kappa shape index (κ3) is 9.12. The topological polar surface area (TPSA) is 115 Å². The van der Waals surface area contributed by atoms with Crippen molar-refractivity contribution < 1.29 is 28.6 Å². The second kappa shape index (κ2) is 17.4. The van der Waals surface area contributed by atoms with Gasteiger partial charge in [0.1, 0.15) is 16.7 Å². The fourth-order valence-corrected chi connectivity index (χ4v) is 6.05. The van der Waals surface area contributed by atoms with Crippen molar-refractivity contribution in [3.8, 4) is 17.2 Å². The quantitative estimate of drug-likeness (QED) is 0.0801. The summed E-state index contributed by atoms with van der Waals surface area (Å²) >= 11 is 1.38. The van der Waals surface area contributed by atoms with Gasteiger partial charge in [-0.25, -0.2) is 0 Å². The van der Waals surface area contributed by atoms with Gasteiger partial charge in [0.15, 0.2) is 11.5 Å². The van der Waals surface area contributed by atoms with Gasteiger partial charge >= 0.3 is 0 Å². The van der Waals surface area contributed by atoms with E-state index in [9.17, 15) is 14.4 Å². The van der Waals surface area contributed by atoms with Crippen LogP contribution in [0.25, 0.3) is 6.08 Å². The molecule has 0 aromatic heterocycles. The number of anilines is 2. The zero-order chi connectivity index (χ0) is 35.3. The van der Waals surface area contributed by atoms with E-state index in [0.717, 1.165) is 10.5 Å². The maximum Gasteiger partial charge on any atom is 0.272 e. The van der Waals surface area contributed by atoms with Gasteiger partial charge in [-0.05, 0) is 73.2 Å². The summed E-state index contributed by atoms with van der Waals surface area (Å²) < 4.78 is 16.7. The second-order valence-electron chi connectivity index (χ2n) is 10.8. The Bertz CT molecular complexity index is 1950. The lowest BCUT2D eigenvalue weighted by Crippen LogP contribution is -2.30. The van der Waals surface area contributed by atoms with Crippen LogP contribution in [0.1, 0.15) is 33.7 Å². The van der Waals surface area contributed by atoms with Crippen LogP contribution < -0.4 is 30.2 Å². The van der Waals surface area contributed by atoms with Crippen LogP contribution in [0.4, 0.5) is 11.4 Å². The van der Waals surface area contributed by atoms with E-state index < -0.39 is 17.1 Å². The summed E-state index contributed by atoms with van der Waals surface area (Å²) in [6.45, 7) is 2.36.